The number of carbonyl (C=O) groups is 2. The van der Waals surface area contributed by atoms with Gasteiger partial charge in [0, 0.05) is 19.1 Å². The lowest BCUT2D eigenvalue weighted by Crippen LogP contribution is -2.39. The van der Waals surface area contributed by atoms with Gasteiger partial charge >= 0.3 is 0 Å². The molecule has 5 nitrogen and oxygen atoms in total. The molecule has 0 bridgehead atoms. The maximum Gasteiger partial charge on any atom is 0.232 e. The Bertz CT molecular complexity index is 744. The monoisotopic (exact) mass is 368 g/mol. The summed E-state index contributed by atoms with van der Waals surface area (Å²) in [5, 5.41) is 2.83. The maximum absolute atomic E-state index is 12.6. The van der Waals surface area contributed by atoms with Crippen LogP contribution in [0.2, 0.25) is 0 Å². The molecule has 5 heteroatoms. The van der Waals surface area contributed by atoms with Gasteiger partial charge in [-0.25, -0.2) is 0 Å². The van der Waals surface area contributed by atoms with E-state index in [2.05, 4.69) is 5.32 Å². The number of benzene rings is 2. The van der Waals surface area contributed by atoms with Crippen LogP contribution in [0.25, 0.3) is 0 Å². The maximum atomic E-state index is 12.6. The highest BCUT2D eigenvalue weighted by Crippen LogP contribution is 2.17. The summed E-state index contributed by atoms with van der Waals surface area (Å²) in [6.07, 6.45) is 0.513. The normalized spacial score (nSPS) is 10.5. The number of para-hydroxylation sites is 1. The molecule has 0 aliphatic rings. The van der Waals surface area contributed by atoms with Gasteiger partial charge in [-0.05, 0) is 37.5 Å². The van der Waals surface area contributed by atoms with E-state index in [1.807, 2.05) is 68.4 Å². The van der Waals surface area contributed by atoms with Crippen molar-refractivity contribution >= 4 is 11.8 Å². The Hall–Kier alpha value is -2.82. The predicted molar refractivity (Wildman–Crippen MR) is 106 cm³/mol. The van der Waals surface area contributed by atoms with Crippen LogP contribution >= 0.6 is 0 Å². The third-order valence-corrected chi connectivity index (χ3v) is 4.36. The van der Waals surface area contributed by atoms with Crippen LogP contribution in [0.5, 0.6) is 5.75 Å². The topological polar surface area (TPSA) is 58.6 Å². The molecule has 2 aromatic rings. The number of amides is 2. The van der Waals surface area contributed by atoms with Crippen LogP contribution in [0.15, 0.2) is 54.6 Å². The quantitative estimate of drug-likeness (QED) is 0.692. The molecule has 0 aromatic heterocycles. The minimum absolute atomic E-state index is 0.0269. The Kier molecular flexibility index (Phi) is 7.86. The fourth-order valence-corrected chi connectivity index (χ4v) is 2.89. The number of methoxy groups -OCH3 is 1. The lowest BCUT2D eigenvalue weighted by Gasteiger charge is -2.26. The van der Waals surface area contributed by atoms with E-state index in [0.29, 0.717) is 19.5 Å². The zero-order valence-corrected chi connectivity index (χ0v) is 16.3. The van der Waals surface area contributed by atoms with Gasteiger partial charge in [-0.15, -0.1) is 0 Å². The summed E-state index contributed by atoms with van der Waals surface area (Å²) in [6, 6.07) is 17.5. The predicted octanol–water partition coefficient (Wildman–Crippen LogP) is 3.18. The summed E-state index contributed by atoms with van der Waals surface area (Å²) >= 11 is 0. The van der Waals surface area contributed by atoms with Gasteiger partial charge < -0.3 is 15.0 Å². The molecule has 0 aliphatic carbocycles. The molecule has 0 heterocycles. The van der Waals surface area contributed by atoms with Gasteiger partial charge in [0.2, 0.25) is 11.8 Å². The van der Waals surface area contributed by atoms with E-state index in [4.69, 9.17) is 4.74 Å². The molecule has 2 aromatic carbocycles. The van der Waals surface area contributed by atoms with E-state index < -0.39 is 0 Å². The summed E-state index contributed by atoms with van der Waals surface area (Å²) in [5.74, 6) is 0.383. The number of carbonyl (C=O) groups excluding carboxylic acids is 2. The Morgan fingerprint density at radius 2 is 1.70 bits per heavy atom. The summed E-state index contributed by atoms with van der Waals surface area (Å²) in [5.41, 5.74) is 2.08. The second-order valence-corrected chi connectivity index (χ2v) is 6.69. The Morgan fingerprint density at radius 3 is 2.37 bits per heavy atom. The van der Waals surface area contributed by atoms with E-state index in [-0.39, 0.29) is 24.3 Å². The van der Waals surface area contributed by atoms with Crippen molar-refractivity contribution in [2.75, 3.05) is 13.7 Å². The Labute approximate surface area is 161 Å². The zero-order chi connectivity index (χ0) is 19.6. The number of nitrogens with one attached hydrogen (secondary N) is 1. The third kappa shape index (κ3) is 6.44. The van der Waals surface area contributed by atoms with Crippen molar-refractivity contribution in [1.82, 2.24) is 10.2 Å². The van der Waals surface area contributed by atoms with Crippen molar-refractivity contribution in [2.45, 2.75) is 39.3 Å². The standard InChI is InChI=1S/C22H28N2O3/c1-17(2)24(16-18-9-5-4-6-10-18)22(26)15-21(25)23-14-13-19-11-7-8-12-20(19)27-3/h4-12,17H,13-16H2,1-3H3,(H,23,25). The van der Waals surface area contributed by atoms with Gasteiger partial charge in [0.1, 0.15) is 12.2 Å². The lowest BCUT2D eigenvalue weighted by atomic mass is 10.1. The molecule has 0 atom stereocenters. The van der Waals surface area contributed by atoms with E-state index in [1.165, 1.54) is 0 Å². The number of hydrogen-bond donors (Lipinski definition) is 1. The molecule has 144 valence electrons. The van der Waals surface area contributed by atoms with Gasteiger partial charge in [-0.2, -0.15) is 0 Å². The van der Waals surface area contributed by atoms with Gasteiger partial charge in [-0.1, -0.05) is 48.5 Å². The molecule has 1 N–H and O–H groups in total. The van der Waals surface area contributed by atoms with E-state index in [0.717, 1.165) is 16.9 Å². The summed E-state index contributed by atoms with van der Waals surface area (Å²) in [6.45, 7) is 4.89. The van der Waals surface area contributed by atoms with Crippen molar-refractivity contribution in [1.29, 1.82) is 0 Å². The molecule has 0 aliphatic heterocycles. The molecular weight excluding hydrogens is 340 g/mol. The SMILES string of the molecule is COc1ccccc1CCNC(=O)CC(=O)N(Cc1ccccc1)C(C)C. The fourth-order valence-electron chi connectivity index (χ4n) is 2.89. The van der Waals surface area contributed by atoms with Crippen molar-refractivity contribution < 1.29 is 14.3 Å². The average Bonchev–Trinajstić information content (AvgIpc) is 2.67. The van der Waals surface area contributed by atoms with Crippen molar-refractivity contribution in [3.63, 3.8) is 0 Å². The third-order valence-electron chi connectivity index (χ3n) is 4.36. The first-order valence-electron chi connectivity index (χ1n) is 9.23. The van der Waals surface area contributed by atoms with Crippen LogP contribution in [-0.2, 0) is 22.6 Å². The van der Waals surface area contributed by atoms with E-state index in [1.54, 1.807) is 12.0 Å². The summed E-state index contributed by atoms with van der Waals surface area (Å²) in [7, 11) is 1.63. The summed E-state index contributed by atoms with van der Waals surface area (Å²) < 4.78 is 5.31. The molecule has 0 saturated heterocycles. The second-order valence-electron chi connectivity index (χ2n) is 6.69. The molecule has 0 fully saturated rings. The van der Waals surface area contributed by atoms with Crippen molar-refractivity contribution in [3.8, 4) is 5.75 Å². The van der Waals surface area contributed by atoms with E-state index in [9.17, 15) is 9.59 Å². The van der Waals surface area contributed by atoms with Gasteiger partial charge in [0.15, 0.2) is 0 Å². The summed E-state index contributed by atoms with van der Waals surface area (Å²) in [4.78, 5) is 26.5. The first-order chi connectivity index (χ1) is 13.0. The molecular formula is C22H28N2O3. The van der Waals surface area contributed by atoms with Crippen LogP contribution < -0.4 is 10.1 Å². The number of rotatable bonds is 9. The van der Waals surface area contributed by atoms with E-state index >= 15 is 0 Å². The highest BCUT2D eigenvalue weighted by atomic mass is 16.5. The minimum Gasteiger partial charge on any atom is -0.496 e. The molecule has 2 rings (SSSR count). The number of ether oxygens (including phenoxy) is 1. The van der Waals surface area contributed by atoms with Crippen molar-refractivity contribution in [3.05, 3.63) is 65.7 Å². The molecule has 0 spiro atoms. The number of hydrogen-bond acceptors (Lipinski definition) is 3. The van der Waals surface area contributed by atoms with Gasteiger partial charge in [0.25, 0.3) is 0 Å². The number of nitrogens with zero attached hydrogens (tertiary/aromatic N) is 1. The van der Waals surface area contributed by atoms with Crippen LogP contribution in [0.3, 0.4) is 0 Å². The molecule has 2 amide bonds. The molecule has 0 radical (unpaired) electrons. The molecule has 27 heavy (non-hydrogen) atoms. The van der Waals surface area contributed by atoms with Crippen LogP contribution in [0.1, 0.15) is 31.4 Å². The fraction of sp³-hybridized carbons (Fsp3) is 0.364. The highest BCUT2D eigenvalue weighted by Gasteiger charge is 2.20. The average molecular weight is 368 g/mol. The molecule has 0 unspecified atom stereocenters. The van der Waals surface area contributed by atoms with Gasteiger partial charge in [-0.3, -0.25) is 9.59 Å². The van der Waals surface area contributed by atoms with Crippen LogP contribution in [0.4, 0.5) is 0 Å². The zero-order valence-electron chi connectivity index (χ0n) is 16.3. The highest BCUT2D eigenvalue weighted by molar-refractivity contribution is 5.97. The first-order valence-corrected chi connectivity index (χ1v) is 9.23. The smallest absolute Gasteiger partial charge is 0.232 e. The van der Waals surface area contributed by atoms with Crippen LogP contribution in [-0.4, -0.2) is 36.4 Å². The largest absolute Gasteiger partial charge is 0.496 e. The van der Waals surface area contributed by atoms with Crippen molar-refractivity contribution in [2.24, 2.45) is 0 Å². The second kappa shape index (κ2) is 10.4. The Balaban J connectivity index is 1.84. The Morgan fingerprint density at radius 1 is 1.04 bits per heavy atom. The lowest BCUT2D eigenvalue weighted by molar-refractivity contribution is -0.137. The van der Waals surface area contributed by atoms with Crippen LogP contribution in [0, 0.1) is 0 Å². The molecule has 0 saturated carbocycles. The van der Waals surface area contributed by atoms with Gasteiger partial charge in [0.05, 0.1) is 7.11 Å². The minimum atomic E-state index is -0.256. The first kappa shape index (κ1) is 20.5.